The third kappa shape index (κ3) is 5.10. The average Bonchev–Trinajstić information content (AvgIpc) is 3.29. The number of hydrogen-bond acceptors (Lipinski definition) is 7. The Morgan fingerprint density at radius 3 is 3.07 bits per heavy atom. The molecule has 0 unspecified atom stereocenters. The number of H-pyrrole nitrogens is 1. The van der Waals surface area contributed by atoms with E-state index in [0.29, 0.717) is 30.4 Å². The number of thiophene rings is 1. The van der Waals surface area contributed by atoms with E-state index in [1.54, 1.807) is 23.1 Å². The molecule has 8 heteroatoms. The highest BCUT2D eigenvalue weighted by molar-refractivity contribution is 7.98. The standard InChI is InChI=1S/C22H25N3O3S2/c1-14-5-2-6-15(23-14)7-4-11-28-19(26)10-12-29-13-18-24-21(27)20-16-8-3-9-17(16)30-22(20)25-18/h2,5-6H,3-4,7-13H2,1H3,(H,24,25,27). The van der Waals surface area contributed by atoms with Crippen LogP contribution in [-0.2, 0) is 34.5 Å². The van der Waals surface area contributed by atoms with Crippen molar-refractivity contribution in [1.82, 2.24) is 15.0 Å². The molecule has 0 saturated carbocycles. The van der Waals surface area contributed by atoms with Crippen molar-refractivity contribution in [2.45, 2.75) is 51.2 Å². The first-order valence-corrected chi connectivity index (χ1v) is 12.3. The molecule has 1 aliphatic carbocycles. The number of fused-ring (bicyclic) bond motifs is 3. The molecule has 30 heavy (non-hydrogen) atoms. The third-order valence-electron chi connectivity index (χ3n) is 5.10. The average molecular weight is 444 g/mol. The number of thioether (sulfide) groups is 1. The lowest BCUT2D eigenvalue weighted by atomic mass is 10.2. The van der Waals surface area contributed by atoms with E-state index < -0.39 is 0 Å². The van der Waals surface area contributed by atoms with Crippen molar-refractivity contribution < 1.29 is 9.53 Å². The van der Waals surface area contributed by atoms with E-state index in [1.165, 1.54) is 10.4 Å². The molecule has 0 amide bonds. The van der Waals surface area contributed by atoms with Gasteiger partial charge in [0.15, 0.2) is 0 Å². The number of aromatic nitrogens is 3. The minimum atomic E-state index is -0.189. The molecule has 3 aromatic heterocycles. The minimum Gasteiger partial charge on any atom is -0.466 e. The van der Waals surface area contributed by atoms with Crippen LogP contribution in [0.4, 0.5) is 0 Å². The minimum absolute atomic E-state index is 0.0301. The van der Waals surface area contributed by atoms with E-state index in [-0.39, 0.29) is 11.5 Å². The number of carbonyl (C=O) groups excluding carboxylic acids is 1. The summed E-state index contributed by atoms with van der Waals surface area (Å²) in [5.41, 5.74) is 3.19. The summed E-state index contributed by atoms with van der Waals surface area (Å²) in [6, 6.07) is 5.95. The molecule has 1 aliphatic rings. The molecule has 0 aliphatic heterocycles. The van der Waals surface area contributed by atoms with E-state index in [2.05, 4.69) is 15.0 Å². The lowest BCUT2D eigenvalue weighted by molar-refractivity contribution is -0.143. The van der Waals surface area contributed by atoms with Crippen LogP contribution < -0.4 is 5.56 Å². The van der Waals surface area contributed by atoms with Crippen LogP contribution in [0.5, 0.6) is 0 Å². The first kappa shape index (κ1) is 21.1. The van der Waals surface area contributed by atoms with Crippen molar-refractivity contribution in [1.29, 1.82) is 0 Å². The second-order valence-corrected chi connectivity index (χ2v) is 9.64. The first-order chi connectivity index (χ1) is 14.6. The zero-order valence-corrected chi connectivity index (χ0v) is 18.7. The topological polar surface area (TPSA) is 84.9 Å². The highest BCUT2D eigenvalue weighted by Gasteiger charge is 2.21. The summed E-state index contributed by atoms with van der Waals surface area (Å²) in [6.07, 6.45) is 5.10. The predicted octanol–water partition coefficient (Wildman–Crippen LogP) is 3.98. The van der Waals surface area contributed by atoms with Crippen LogP contribution in [0.15, 0.2) is 23.0 Å². The van der Waals surface area contributed by atoms with Crippen molar-refractivity contribution in [3.8, 4) is 0 Å². The molecule has 0 aromatic carbocycles. The van der Waals surface area contributed by atoms with Crippen LogP contribution in [0, 0.1) is 6.92 Å². The van der Waals surface area contributed by atoms with Crippen molar-refractivity contribution in [2.24, 2.45) is 0 Å². The van der Waals surface area contributed by atoms with Crippen molar-refractivity contribution in [3.05, 3.63) is 56.2 Å². The van der Waals surface area contributed by atoms with E-state index in [4.69, 9.17) is 4.74 Å². The molecular formula is C22H25N3O3S2. The van der Waals surface area contributed by atoms with Gasteiger partial charge in [-0.25, -0.2) is 4.98 Å². The van der Waals surface area contributed by atoms with Gasteiger partial charge in [0.1, 0.15) is 10.7 Å². The highest BCUT2D eigenvalue weighted by Crippen LogP contribution is 2.34. The van der Waals surface area contributed by atoms with Gasteiger partial charge in [-0.05, 0) is 56.7 Å². The zero-order valence-electron chi connectivity index (χ0n) is 17.0. The van der Waals surface area contributed by atoms with Gasteiger partial charge in [0.05, 0.1) is 24.2 Å². The van der Waals surface area contributed by atoms with Gasteiger partial charge >= 0.3 is 5.97 Å². The molecule has 0 atom stereocenters. The predicted molar refractivity (Wildman–Crippen MR) is 121 cm³/mol. The maximum atomic E-state index is 12.5. The van der Waals surface area contributed by atoms with Gasteiger partial charge in [-0.3, -0.25) is 14.6 Å². The smallest absolute Gasteiger partial charge is 0.306 e. The highest BCUT2D eigenvalue weighted by atomic mass is 32.2. The quantitative estimate of drug-likeness (QED) is 0.398. The fourth-order valence-corrected chi connectivity index (χ4v) is 5.76. The number of nitrogens with one attached hydrogen (secondary N) is 1. The van der Waals surface area contributed by atoms with Crippen molar-refractivity contribution in [3.63, 3.8) is 0 Å². The summed E-state index contributed by atoms with van der Waals surface area (Å²) in [5, 5.41) is 0.783. The van der Waals surface area contributed by atoms with Crippen LogP contribution in [0.1, 0.15) is 46.9 Å². The summed E-state index contributed by atoms with van der Waals surface area (Å²) in [7, 11) is 0. The Morgan fingerprint density at radius 1 is 1.30 bits per heavy atom. The third-order valence-corrected chi connectivity index (χ3v) is 7.26. The fourth-order valence-electron chi connectivity index (χ4n) is 3.69. The van der Waals surface area contributed by atoms with Gasteiger partial charge in [0.2, 0.25) is 0 Å². The van der Waals surface area contributed by atoms with Crippen LogP contribution >= 0.6 is 23.1 Å². The molecule has 0 fully saturated rings. The number of ether oxygens (including phenoxy) is 1. The fraction of sp³-hybridized carbons (Fsp3) is 0.455. The zero-order chi connectivity index (χ0) is 20.9. The Hall–Kier alpha value is -2.19. The molecule has 3 heterocycles. The molecule has 158 valence electrons. The Kier molecular flexibility index (Phi) is 6.84. The molecule has 6 nitrogen and oxygen atoms in total. The lowest BCUT2D eigenvalue weighted by Gasteiger charge is -2.05. The van der Waals surface area contributed by atoms with Gasteiger partial charge in [-0.2, -0.15) is 11.8 Å². The number of pyridine rings is 1. The second-order valence-electron chi connectivity index (χ2n) is 7.45. The van der Waals surface area contributed by atoms with E-state index in [1.807, 2.05) is 25.1 Å². The number of aryl methyl sites for hydroxylation is 4. The number of hydrogen-bond donors (Lipinski definition) is 1. The van der Waals surface area contributed by atoms with Gasteiger partial charge in [-0.1, -0.05) is 6.07 Å². The van der Waals surface area contributed by atoms with E-state index in [9.17, 15) is 9.59 Å². The molecule has 1 N–H and O–H groups in total. The SMILES string of the molecule is Cc1cccc(CCCOC(=O)CCSCc2nc3sc4c(c3c(=O)[nH]2)CCC4)n1. The normalized spacial score (nSPS) is 13.0. The summed E-state index contributed by atoms with van der Waals surface area (Å²) < 4.78 is 5.31. The van der Waals surface area contributed by atoms with Crippen LogP contribution in [-0.4, -0.2) is 33.3 Å². The lowest BCUT2D eigenvalue weighted by Crippen LogP contribution is -2.11. The Balaban J connectivity index is 1.17. The summed E-state index contributed by atoms with van der Waals surface area (Å²) >= 11 is 3.23. The van der Waals surface area contributed by atoms with Crippen molar-refractivity contribution in [2.75, 3.05) is 12.4 Å². The maximum absolute atomic E-state index is 12.5. The Morgan fingerprint density at radius 2 is 2.20 bits per heavy atom. The van der Waals surface area contributed by atoms with E-state index in [0.717, 1.165) is 53.7 Å². The number of nitrogens with zero attached hydrogens (tertiary/aromatic N) is 2. The number of esters is 1. The summed E-state index contributed by atoms with van der Waals surface area (Å²) in [4.78, 5) is 38.5. The number of rotatable bonds is 9. The summed E-state index contributed by atoms with van der Waals surface area (Å²) in [5.74, 6) is 1.71. The largest absolute Gasteiger partial charge is 0.466 e. The number of carbonyl (C=O) groups is 1. The maximum Gasteiger partial charge on any atom is 0.306 e. The molecule has 0 spiro atoms. The van der Waals surface area contributed by atoms with Gasteiger partial charge < -0.3 is 9.72 Å². The number of aromatic amines is 1. The first-order valence-electron chi connectivity index (χ1n) is 10.3. The summed E-state index contributed by atoms with van der Waals surface area (Å²) in [6.45, 7) is 2.38. The van der Waals surface area contributed by atoms with Crippen LogP contribution in [0.2, 0.25) is 0 Å². The molecule has 0 radical (unpaired) electrons. The van der Waals surface area contributed by atoms with Gasteiger partial charge in [0.25, 0.3) is 5.56 Å². The van der Waals surface area contributed by atoms with E-state index >= 15 is 0 Å². The Bertz CT molecular complexity index is 1110. The van der Waals surface area contributed by atoms with Crippen LogP contribution in [0.25, 0.3) is 10.2 Å². The molecule has 0 bridgehead atoms. The second kappa shape index (κ2) is 9.75. The molecule has 4 rings (SSSR count). The monoisotopic (exact) mass is 443 g/mol. The Labute approximate surface area is 183 Å². The molecular weight excluding hydrogens is 418 g/mol. The van der Waals surface area contributed by atoms with Gasteiger partial charge in [-0.15, -0.1) is 11.3 Å². The van der Waals surface area contributed by atoms with Gasteiger partial charge in [0, 0.05) is 22.0 Å². The molecule has 0 saturated heterocycles. The van der Waals surface area contributed by atoms with Crippen LogP contribution in [0.3, 0.4) is 0 Å². The van der Waals surface area contributed by atoms with Crippen molar-refractivity contribution >= 4 is 39.3 Å². The molecule has 3 aromatic rings.